The van der Waals surface area contributed by atoms with E-state index in [0.717, 1.165) is 22.3 Å². The summed E-state index contributed by atoms with van der Waals surface area (Å²) in [7, 11) is 0. The van der Waals surface area contributed by atoms with Gasteiger partial charge >= 0.3 is 12.1 Å². The number of carbonyl (C=O) groups excluding carboxylic acids is 2. The number of benzene rings is 3. The van der Waals surface area contributed by atoms with Gasteiger partial charge in [0.1, 0.15) is 6.61 Å². The number of ether oxygens (including phenoxy) is 1. The molecule has 3 N–H and O–H groups in total. The first-order valence-electron chi connectivity index (χ1n) is 10.9. The highest BCUT2D eigenvalue weighted by Crippen LogP contribution is 2.44. The quantitative estimate of drug-likeness (QED) is 0.372. The largest absolute Gasteiger partial charge is 0.472 e. The fourth-order valence-corrected chi connectivity index (χ4v) is 3.95. The van der Waals surface area contributed by atoms with Gasteiger partial charge in [0, 0.05) is 23.6 Å². The third-order valence-corrected chi connectivity index (χ3v) is 5.45. The van der Waals surface area contributed by atoms with Crippen molar-refractivity contribution in [2.45, 2.75) is 5.92 Å². The summed E-state index contributed by atoms with van der Waals surface area (Å²) in [4.78, 5) is 34.6. The number of anilines is 1. The number of carboxylic acids is 1. The minimum absolute atomic E-state index is 0.0267. The third-order valence-electron chi connectivity index (χ3n) is 5.45. The number of carboxylic acid groups (broad SMARTS) is 1. The molecule has 3 aromatic rings. The van der Waals surface area contributed by atoms with Gasteiger partial charge in [-0.05, 0) is 46.0 Å². The average Bonchev–Trinajstić information content (AvgIpc) is 3.18. The average molecular weight is 466 g/mol. The van der Waals surface area contributed by atoms with Gasteiger partial charge in [-0.2, -0.15) is 0 Å². The molecule has 4 rings (SSSR count). The first kappa shape index (κ1) is 23.3. The van der Waals surface area contributed by atoms with Gasteiger partial charge in [0.05, 0.1) is 6.54 Å². The maximum atomic E-state index is 12.5. The topological polar surface area (TPSA) is 105 Å². The lowest BCUT2D eigenvalue weighted by Crippen LogP contribution is -2.21. The Morgan fingerprint density at radius 1 is 0.943 bits per heavy atom. The summed E-state index contributed by atoms with van der Waals surface area (Å²) >= 11 is 0. The van der Waals surface area contributed by atoms with Crippen molar-refractivity contribution in [2.75, 3.05) is 18.5 Å². The lowest BCUT2D eigenvalue weighted by atomic mass is 9.98. The number of carbonyl (C=O) groups is 3. The van der Waals surface area contributed by atoms with Gasteiger partial charge < -0.3 is 15.2 Å². The minimum Gasteiger partial charge on any atom is -0.472 e. The Bertz CT molecular complexity index is 1320. The number of hydrogen-bond acceptors (Lipinski definition) is 4. The SMILES string of the molecule is O=C(O)C#CCNC(=O)/C=C/c1cccc(NC(=O)OCC2c3ccccc3-c3ccccc32)c1. The van der Waals surface area contributed by atoms with Gasteiger partial charge in [-0.1, -0.05) is 66.6 Å². The minimum atomic E-state index is -1.25. The molecule has 0 bridgehead atoms. The molecule has 35 heavy (non-hydrogen) atoms. The van der Waals surface area contributed by atoms with Crippen LogP contribution in [0.15, 0.2) is 78.9 Å². The maximum Gasteiger partial charge on any atom is 0.411 e. The van der Waals surface area contributed by atoms with Gasteiger partial charge in [-0.3, -0.25) is 10.1 Å². The fourth-order valence-electron chi connectivity index (χ4n) is 3.95. The van der Waals surface area contributed by atoms with E-state index < -0.39 is 18.0 Å². The van der Waals surface area contributed by atoms with Gasteiger partial charge in [-0.15, -0.1) is 0 Å². The number of amides is 2. The first-order valence-corrected chi connectivity index (χ1v) is 10.9. The lowest BCUT2D eigenvalue weighted by Gasteiger charge is -2.14. The number of aliphatic carboxylic acids is 1. The zero-order valence-corrected chi connectivity index (χ0v) is 18.7. The molecule has 0 aliphatic heterocycles. The number of hydrogen-bond donors (Lipinski definition) is 3. The van der Waals surface area contributed by atoms with Crippen LogP contribution in [0, 0.1) is 11.8 Å². The fraction of sp³-hybridized carbons (Fsp3) is 0.107. The van der Waals surface area contributed by atoms with Gasteiger partial charge in [-0.25, -0.2) is 9.59 Å². The zero-order valence-electron chi connectivity index (χ0n) is 18.7. The molecule has 0 spiro atoms. The van der Waals surface area contributed by atoms with Crippen molar-refractivity contribution in [3.05, 3.63) is 95.6 Å². The van der Waals surface area contributed by atoms with E-state index in [-0.39, 0.29) is 19.1 Å². The van der Waals surface area contributed by atoms with Crippen LogP contribution in [0.2, 0.25) is 0 Å². The van der Waals surface area contributed by atoms with Crippen LogP contribution in [0.25, 0.3) is 17.2 Å². The van der Waals surface area contributed by atoms with E-state index >= 15 is 0 Å². The van der Waals surface area contributed by atoms with Crippen LogP contribution in [0.1, 0.15) is 22.6 Å². The van der Waals surface area contributed by atoms with E-state index in [4.69, 9.17) is 9.84 Å². The van der Waals surface area contributed by atoms with E-state index in [1.807, 2.05) is 30.2 Å². The van der Waals surface area contributed by atoms with E-state index in [0.29, 0.717) is 11.3 Å². The highest BCUT2D eigenvalue weighted by atomic mass is 16.5. The van der Waals surface area contributed by atoms with Crippen molar-refractivity contribution < 1.29 is 24.2 Å². The second kappa shape index (κ2) is 10.9. The molecule has 0 radical (unpaired) electrons. The second-order valence-corrected chi connectivity index (χ2v) is 7.73. The molecule has 0 aromatic heterocycles. The van der Waals surface area contributed by atoms with Crippen LogP contribution in [0.5, 0.6) is 0 Å². The van der Waals surface area contributed by atoms with Crippen molar-refractivity contribution >= 4 is 29.7 Å². The zero-order chi connectivity index (χ0) is 24.6. The molecular weight excluding hydrogens is 444 g/mol. The number of rotatable bonds is 6. The summed E-state index contributed by atoms with van der Waals surface area (Å²) in [6.45, 7) is 0.142. The standard InChI is InChI=1S/C28H22N2O5/c31-26(29-16-6-13-27(32)33)15-14-19-7-5-8-20(17-19)30-28(34)35-18-25-23-11-3-1-9-21(23)22-10-2-4-12-24(22)25/h1-5,7-12,14-15,17,25H,16,18H2,(H,29,31)(H,30,34)(H,32,33)/b15-14+. The highest BCUT2D eigenvalue weighted by molar-refractivity contribution is 5.92. The molecule has 174 valence electrons. The van der Waals surface area contributed by atoms with Crippen molar-refractivity contribution in [1.82, 2.24) is 5.32 Å². The molecule has 0 saturated carbocycles. The van der Waals surface area contributed by atoms with E-state index in [2.05, 4.69) is 40.8 Å². The summed E-state index contributed by atoms with van der Waals surface area (Å²) in [5.41, 5.74) is 5.82. The summed E-state index contributed by atoms with van der Waals surface area (Å²) in [5.74, 6) is 2.53. The molecule has 2 amide bonds. The Morgan fingerprint density at radius 3 is 2.31 bits per heavy atom. The lowest BCUT2D eigenvalue weighted by molar-refractivity contribution is -0.130. The molecule has 0 unspecified atom stereocenters. The van der Waals surface area contributed by atoms with E-state index in [9.17, 15) is 14.4 Å². The van der Waals surface area contributed by atoms with E-state index in [1.165, 1.54) is 6.08 Å². The van der Waals surface area contributed by atoms with Crippen LogP contribution in [-0.4, -0.2) is 36.2 Å². The van der Waals surface area contributed by atoms with Gasteiger partial charge in [0.2, 0.25) is 5.91 Å². The monoisotopic (exact) mass is 466 g/mol. The molecule has 3 aromatic carbocycles. The van der Waals surface area contributed by atoms with Crippen LogP contribution in [0.4, 0.5) is 10.5 Å². The Balaban J connectivity index is 1.33. The molecule has 1 aliphatic carbocycles. The van der Waals surface area contributed by atoms with Gasteiger partial charge in [0.25, 0.3) is 0 Å². The highest BCUT2D eigenvalue weighted by Gasteiger charge is 2.28. The number of nitrogens with one attached hydrogen (secondary N) is 2. The maximum absolute atomic E-state index is 12.5. The van der Waals surface area contributed by atoms with Crippen molar-refractivity contribution in [1.29, 1.82) is 0 Å². The van der Waals surface area contributed by atoms with Crippen molar-refractivity contribution in [3.63, 3.8) is 0 Å². The molecule has 0 heterocycles. The summed E-state index contributed by atoms with van der Waals surface area (Å²) < 4.78 is 5.57. The molecular formula is C28H22N2O5. The molecule has 0 atom stereocenters. The molecule has 1 aliphatic rings. The van der Waals surface area contributed by atoms with Crippen molar-refractivity contribution in [3.8, 4) is 23.0 Å². The third kappa shape index (κ3) is 5.95. The Hall–Kier alpha value is -4.83. The normalized spacial score (nSPS) is 11.7. The Morgan fingerprint density at radius 2 is 1.63 bits per heavy atom. The number of fused-ring (bicyclic) bond motifs is 3. The molecule has 0 saturated heterocycles. The second-order valence-electron chi connectivity index (χ2n) is 7.73. The summed E-state index contributed by atoms with van der Waals surface area (Å²) in [5, 5.41) is 13.6. The van der Waals surface area contributed by atoms with Crippen molar-refractivity contribution in [2.24, 2.45) is 0 Å². The van der Waals surface area contributed by atoms with Crippen LogP contribution < -0.4 is 10.6 Å². The molecule has 7 nitrogen and oxygen atoms in total. The first-order chi connectivity index (χ1) is 17.0. The van der Waals surface area contributed by atoms with Crippen LogP contribution >= 0.6 is 0 Å². The summed E-state index contributed by atoms with van der Waals surface area (Å²) in [6.07, 6.45) is 2.31. The van der Waals surface area contributed by atoms with E-state index in [1.54, 1.807) is 30.3 Å². The van der Waals surface area contributed by atoms with Crippen LogP contribution in [0.3, 0.4) is 0 Å². The van der Waals surface area contributed by atoms with Gasteiger partial charge in [0.15, 0.2) is 0 Å². The predicted octanol–water partition coefficient (Wildman–Crippen LogP) is 4.27. The molecule has 7 heteroatoms. The Kier molecular flexibility index (Phi) is 7.24. The molecule has 0 fully saturated rings. The van der Waals surface area contributed by atoms with Crippen LogP contribution in [-0.2, 0) is 14.3 Å². The smallest absolute Gasteiger partial charge is 0.411 e. The Labute approximate surface area is 202 Å². The summed E-state index contributed by atoms with van der Waals surface area (Å²) in [6, 6.07) is 23.2. The predicted molar refractivity (Wildman–Crippen MR) is 133 cm³/mol.